The number of nitrogens with zero attached hydrogens (tertiary/aromatic N) is 1. The Morgan fingerprint density at radius 2 is 2.05 bits per heavy atom. The van der Waals surface area contributed by atoms with Crippen molar-refractivity contribution < 1.29 is 19.4 Å². The summed E-state index contributed by atoms with van der Waals surface area (Å²) >= 11 is 0. The number of likely N-dealkylation sites (N-methyl/N-ethyl adjacent to an activating group) is 1. The van der Waals surface area contributed by atoms with E-state index in [2.05, 4.69) is 5.32 Å². The van der Waals surface area contributed by atoms with E-state index < -0.39 is 5.97 Å². The number of carbonyl (C=O) groups excluding carboxylic acids is 1. The van der Waals surface area contributed by atoms with Crippen LogP contribution in [0.2, 0.25) is 0 Å². The Bertz CT molecular complexity index is 462. The van der Waals surface area contributed by atoms with Gasteiger partial charge in [0.1, 0.15) is 5.75 Å². The number of anilines is 1. The van der Waals surface area contributed by atoms with Crippen LogP contribution in [0.15, 0.2) is 24.3 Å². The number of hydrogen-bond acceptors (Lipinski definition) is 4. The lowest BCUT2D eigenvalue weighted by Crippen LogP contribution is -2.32. The Morgan fingerprint density at radius 3 is 2.65 bits per heavy atom. The summed E-state index contributed by atoms with van der Waals surface area (Å²) in [6.07, 6.45) is 0.235. The number of carbonyl (C=O) groups is 2. The van der Waals surface area contributed by atoms with Gasteiger partial charge in [0.15, 0.2) is 0 Å². The fourth-order valence-electron chi connectivity index (χ4n) is 1.76. The van der Waals surface area contributed by atoms with Gasteiger partial charge in [0.2, 0.25) is 5.91 Å². The van der Waals surface area contributed by atoms with Crippen molar-refractivity contribution in [1.29, 1.82) is 0 Å². The molecule has 6 nitrogen and oxygen atoms in total. The molecule has 1 rings (SSSR count). The average Bonchev–Trinajstić information content (AvgIpc) is 2.43. The first kappa shape index (κ1) is 16.0. The summed E-state index contributed by atoms with van der Waals surface area (Å²) in [5.41, 5.74) is 0.612. The summed E-state index contributed by atoms with van der Waals surface area (Å²) in [7, 11) is 1.54. The van der Waals surface area contributed by atoms with Gasteiger partial charge in [0.25, 0.3) is 0 Å². The maximum Gasteiger partial charge on any atom is 0.317 e. The molecule has 0 atom stereocenters. The number of para-hydroxylation sites is 2. The molecule has 0 fully saturated rings. The van der Waals surface area contributed by atoms with Crippen molar-refractivity contribution in [3.05, 3.63) is 24.3 Å². The van der Waals surface area contributed by atoms with E-state index in [9.17, 15) is 9.59 Å². The third-order valence-electron chi connectivity index (χ3n) is 2.84. The maximum atomic E-state index is 11.8. The van der Waals surface area contributed by atoms with Crippen molar-refractivity contribution in [3.8, 4) is 5.75 Å². The second-order valence-electron chi connectivity index (χ2n) is 4.26. The van der Waals surface area contributed by atoms with Crippen molar-refractivity contribution in [1.82, 2.24) is 4.90 Å². The number of nitrogens with one attached hydrogen (secondary N) is 1. The monoisotopic (exact) mass is 280 g/mol. The van der Waals surface area contributed by atoms with Gasteiger partial charge in [-0.15, -0.1) is 0 Å². The van der Waals surface area contributed by atoms with Gasteiger partial charge in [-0.05, 0) is 18.7 Å². The van der Waals surface area contributed by atoms with Gasteiger partial charge in [0, 0.05) is 13.0 Å². The second-order valence-corrected chi connectivity index (χ2v) is 4.26. The van der Waals surface area contributed by atoms with Gasteiger partial charge in [-0.3, -0.25) is 14.5 Å². The molecule has 1 amide bonds. The minimum atomic E-state index is -0.892. The highest BCUT2D eigenvalue weighted by atomic mass is 16.5. The second kappa shape index (κ2) is 8.16. The summed E-state index contributed by atoms with van der Waals surface area (Å²) < 4.78 is 5.14. The molecule has 0 radical (unpaired) electrons. The zero-order valence-corrected chi connectivity index (χ0v) is 11.8. The molecular weight excluding hydrogens is 260 g/mol. The number of amides is 1. The summed E-state index contributed by atoms with van der Waals surface area (Å²) in [4.78, 5) is 24.2. The van der Waals surface area contributed by atoms with Crippen LogP contribution in [-0.2, 0) is 9.59 Å². The number of hydrogen-bond donors (Lipinski definition) is 2. The van der Waals surface area contributed by atoms with E-state index >= 15 is 0 Å². The Kier molecular flexibility index (Phi) is 6.52. The molecule has 0 bridgehead atoms. The predicted molar refractivity (Wildman–Crippen MR) is 76.0 cm³/mol. The molecule has 2 N–H and O–H groups in total. The van der Waals surface area contributed by atoms with Gasteiger partial charge < -0.3 is 15.2 Å². The van der Waals surface area contributed by atoms with Crippen LogP contribution < -0.4 is 10.1 Å². The number of methoxy groups -OCH3 is 1. The van der Waals surface area contributed by atoms with E-state index in [1.54, 1.807) is 23.1 Å². The molecule has 6 heteroatoms. The quantitative estimate of drug-likeness (QED) is 0.753. The Morgan fingerprint density at radius 1 is 1.35 bits per heavy atom. The standard InChI is InChI=1S/C14H20N2O4/c1-3-16(10-14(18)19)9-8-13(17)15-11-6-4-5-7-12(11)20-2/h4-7H,3,8-10H2,1-2H3,(H,15,17)(H,18,19). The molecule has 0 aliphatic heterocycles. The smallest absolute Gasteiger partial charge is 0.317 e. The van der Waals surface area contributed by atoms with Gasteiger partial charge >= 0.3 is 5.97 Å². The van der Waals surface area contributed by atoms with Gasteiger partial charge in [-0.25, -0.2) is 0 Å². The Labute approximate surface area is 118 Å². The van der Waals surface area contributed by atoms with E-state index in [1.807, 2.05) is 13.0 Å². The highest BCUT2D eigenvalue weighted by Gasteiger charge is 2.11. The molecule has 1 aromatic rings. The predicted octanol–water partition coefficient (Wildman–Crippen LogP) is 1.43. The molecule has 0 saturated heterocycles. The van der Waals surface area contributed by atoms with Crippen molar-refractivity contribution in [2.24, 2.45) is 0 Å². The number of ether oxygens (including phenoxy) is 1. The van der Waals surface area contributed by atoms with Crippen LogP contribution >= 0.6 is 0 Å². The molecule has 0 spiro atoms. The zero-order valence-electron chi connectivity index (χ0n) is 11.8. The van der Waals surface area contributed by atoms with Crippen molar-refractivity contribution in [3.63, 3.8) is 0 Å². The first-order valence-electron chi connectivity index (χ1n) is 6.43. The minimum Gasteiger partial charge on any atom is -0.495 e. The largest absolute Gasteiger partial charge is 0.495 e. The molecule has 0 unspecified atom stereocenters. The molecule has 1 aromatic carbocycles. The highest BCUT2D eigenvalue weighted by Crippen LogP contribution is 2.22. The molecule has 20 heavy (non-hydrogen) atoms. The fourth-order valence-corrected chi connectivity index (χ4v) is 1.76. The lowest BCUT2D eigenvalue weighted by atomic mass is 10.2. The summed E-state index contributed by atoms with van der Waals surface area (Å²) in [5, 5.41) is 11.5. The van der Waals surface area contributed by atoms with E-state index in [-0.39, 0.29) is 18.9 Å². The molecule has 0 heterocycles. The van der Waals surface area contributed by atoms with Gasteiger partial charge in [0.05, 0.1) is 19.3 Å². The molecule has 0 aliphatic rings. The van der Waals surface area contributed by atoms with Crippen LogP contribution in [0.4, 0.5) is 5.69 Å². The third-order valence-corrected chi connectivity index (χ3v) is 2.84. The normalized spacial score (nSPS) is 10.3. The van der Waals surface area contributed by atoms with Crippen LogP contribution in [0.3, 0.4) is 0 Å². The summed E-state index contributed by atoms with van der Waals surface area (Å²) in [6, 6.07) is 7.14. The molecule has 0 aromatic heterocycles. The number of rotatable bonds is 8. The third kappa shape index (κ3) is 5.27. The number of aliphatic carboxylic acids is 1. The average molecular weight is 280 g/mol. The van der Waals surface area contributed by atoms with Crippen LogP contribution in [0.1, 0.15) is 13.3 Å². The zero-order chi connectivity index (χ0) is 15.0. The molecule has 110 valence electrons. The molecular formula is C14H20N2O4. The summed E-state index contributed by atoms with van der Waals surface area (Å²) in [5.74, 6) is -0.464. The van der Waals surface area contributed by atoms with Crippen LogP contribution in [-0.4, -0.2) is 48.6 Å². The first-order chi connectivity index (χ1) is 9.56. The van der Waals surface area contributed by atoms with E-state index in [0.717, 1.165) is 0 Å². The first-order valence-corrected chi connectivity index (χ1v) is 6.43. The topological polar surface area (TPSA) is 78.9 Å². The van der Waals surface area contributed by atoms with Crippen molar-refractivity contribution in [2.45, 2.75) is 13.3 Å². The Balaban J connectivity index is 2.49. The minimum absolute atomic E-state index is 0.0571. The van der Waals surface area contributed by atoms with Crippen LogP contribution in [0.5, 0.6) is 5.75 Å². The van der Waals surface area contributed by atoms with Crippen molar-refractivity contribution >= 4 is 17.6 Å². The number of carboxylic acid groups (broad SMARTS) is 1. The van der Waals surface area contributed by atoms with E-state index in [0.29, 0.717) is 24.5 Å². The lowest BCUT2D eigenvalue weighted by Gasteiger charge is -2.17. The van der Waals surface area contributed by atoms with E-state index in [1.165, 1.54) is 7.11 Å². The SMILES string of the molecule is CCN(CCC(=O)Nc1ccccc1OC)CC(=O)O. The maximum absolute atomic E-state index is 11.8. The number of carboxylic acids is 1. The number of benzene rings is 1. The van der Waals surface area contributed by atoms with Crippen molar-refractivity contribution in [2.75, 3.05) is 32.1 Å². The Hall–Kier alpha value is -2.08. The highest BCUT2D eigenvalue weighted by molar-refractivity contribution is 5.92. The van der Waals surface area contributed by atoms with Gasteiger partial charge in [-0.1, -0.05) is 19.1 Å². The fraction of sp³-hybridized carbons (Fsp3) is 0.429. The molecule has 0 aliphatic carbocycles. The lowest BCUT2D eigenvalue weighted by molar-refractivity contribution is -0.138. The van der Waals surface area contributed by atoms with E-state index in [4.69, 9.17) is 9.84 Å². The van der Waals surface area contributed by atoms with Crippen LogP contribution in [0, 0.1) is 0 Å². The summed E-state index contributed by atoms with van der Waals surface area (Å²) in [6.45, 7) is 2.80. The molecule has 0 saturated carbocycles. The van der Waals surface area contributed by atoms with Gasteiger partial charge in [-0.2, -0.15) is 0 Å². The van der Waals surface area contributed by atoms with Crippen LogP contribution in [0.25, 0.3) is 0 Å².